The molecule has 4 N–H and O–H groups in total. The first-order valence-corrected chi connectivity index (χ1v) is 11.7. The van der Waals surface area contributed by atoms with Gasteiger partial charge in [-0.3, -0.25) is 0 Å². The SMILES string of the molecule is CC(C)=C[C@H](O)[C@@H](O)/C(C)=C\CCC(C)(O)CCC[C@]1(C)CCc2cc(O)cc(C)c2O1. The third-order valence-electron chi connectivity index (χ3n) is 6.47. The minimum atomic E-state index is -0.925. The molecular formula is C27H42O5. The summed E-state index contributed by atoms with van der Waals surface area (Å²) in [5.74, 6) is 1.17. The number of aromatic hydroxyl groups is 1. The normalized spacial score (nSPS) is 22.3. The Bertz CT molecular complexity index is 835. The number of ether oxygens (including phenoxy) is 1. The third-order valence-corrected chi connectivity index (χ3v) is 6.47. The van der Waals surface area contributed by atoms with Gasteiger partial charge in [0.1, 0.15) is 29.3 Å². The van der Waals surface area contributed by atoms with Crippen molar-refractivity contribution in [1.82, 2.24) is 0 Å². The Morgan fingerprint density at radius 1 is 1.22 bits per heavy atom. The van der Waals surface area contributed by atoms with E-state index in [4.69, 9.17) is 4.74 Å². The number of hydrogen-bond acceptors (Lipinski definition) is 5. The van der Waals surface area contributed by atoms with E-state index in [0.717, 1.165) is 48.1 Å². The molecule has 2 rings (SSSR count). The lowest BCUT2D eigenvalue weighted by Gasteiger charge is -2.37. The lowest BCUT2D eigenvalue weighted by molar-refractivity contribution is 0.0198. The Labute approximate surface area is 193 Å². The van der Waals surface area contributed by atoms with Crippen molar-refractivity contribution in [2.45, 2.75) is 110 Å². The van der Waals surface area contributed by atoms with Crippen LogP contribution in [-0.2, 0) is 6.42 Å². The van der Waals surface area contributed by atoms with E-state index in [2.05, 4.69) is 6.92 Å². The van der Waals surface area contributed by atoms with Gasteiger partial charge in [-0.25, -0.2) is 0 Å². The molecule has 4 atom stereocenters. The van der Waals surface area contributed by atoms with E-state index in [0.29, 0.717) is 24.8 Å². The number of aryl methyl sites for hydroxylation is 2. The average Bonchev–Trinajstić information content (AvgIpc) is 2.67. The minimum Gasteiger partial charge on any atom is -0.508 e. The van der Waals surface area contributed by atoms with Crippen LogP contribution in [-0.4, -0.2) is 43.8 Å². The van der Waals surface area contributed by atoms with Crippen LogP contribution in [0, 0.1) is 6.92 Å². The van der Waals surface area contributed by atoms with Crippen LogP contribution in [0.4, 0.5) is 0 Å². The van der Waals surface area contributed by atoms with E-state index in [-0.39, 0.29) is 11.4 Å². The van der Waals surface area contributed by atoms with Gasteiger partial charge in [0.05, 0.1) is 5.60 Å². The average molecular weight is 447 g/mol. The van der Waals surface area contributed by atoms with Gasteiger partial charge in [0.2, 0.25) is 0 Å². The van der Waals surface area contributed by atoms with Crippen LogP contribution in [0.5, 0.6) is 11.5 Å². The van der Waals surface area contributed by atoms with Crippen molar-refractivity contribution in [3.63, 3.8) is 0 Å². The Kier molecular flexibility index (Phi) is 8.98. The Balaban J connectivity index is 1.84. The molecule has 1 aromatic carbocycles. The molecule has 0 aromatic heterocycles. The molecule has 1 aromatic rings. The molecule has 0 bridgehead atoms. The summed E-state index contributed by atoms with van der Waals surface area (Å²) in [6, 6.07) is 3.53. The van der Waals surface area contributed by atoms with Crippen LogP contribution in [0.1, 0.15) is 84.3 Å². The number of phenolic OH excluding ortho intramolecular Hbond substituents is 1. The number of allylic oxidation sites excluding steroid dienone is 2. The van der Waals surface area contributed by atoms with E-state index in [1.165, 1.54) is 0 Å². The molecule has 32 heavy (non-hydrogen) atoms. The monoisotopic (exact) mass is 446 g/mol. The van der Waals surface area contributed by atoms with Crippen LogP contribution in [0.15, 0.2) is 35.4 Å². The van der Waals surface area contributed by atoms with Crippen molar-refractivity contribution >= 4 is 0 Å². The molecule has 1 unspecified atom stereocenters. The van der Waals surface area contributed by atoms with E-state index in [1.54, 1.807) is 18.2 Å². The third kappa shape index (κ3) is 7.65. The van der Waals surface area contributed by atoms with Crippen LogP contribution in [0.2, 0.25) is 0 Å². The van der Waals surface area contributed by atoms with Crippen molar-refractivity contribution < 1.29 is 25.2 Å². The second-order valence-electron chi connectivity index (χ2n) is 10.3. The predicted molar refractivity (Wildman–Crippen MR) is 129 cm³/mol. The van der Waals surface area contributed by atoms with Gasteiger partial charge in [0.25, 0.3) is 0 Å². The summed E-state index contributed by atoms with van der Waals surface area (Å²) in [7, 11) is 0. The number of aliphatic hydroxyl groups is 3. The van der Waals surface area contributed by atoms with Gasteiger partial charge in [-0.15, -0.1) is 0 Å². The number of benzene rings is 1. The molecular weight excluding hydrogens is 404 g/mol. The highest BCUT2D eigenvalue weighted by atomic mass is 16.5. The molecule has 0 saturated carbocycles. The van der Waals surface area contributed by atoms with Crippen molar-refractivity contribution in [3.05, 3.63) is 46.6 Å². The second kappa shape index (κ2) is 10.9. The first-order valence-electron chi connectivity index (χ1n) is 11.7. The molecule has 0 fully saturated rings. The smallest absolute Gasteiger partial charge is 0.126 e. The fourth-order valence-corrected chi connectivity index (χ4v) is 4.43. The largest absolute Gasteiger partial charge is 0.508 e. The second-order valence-corrected chi connectivity index (χ2v) is 10.3. The quantitative estimate of drug-likeness (QED) is 0.375. The minimum absolute atomic E-state index is 0.271. The summed E-state index contributed by atoms with van der Waals surface area (Å²) in [5, 5.41) is 40.9. The van der Waals surface area contributed by atoms with Crippen molar-refractivity contribution in [2.24, 2.45) is 0 Å². The van der Waals surface area contributed by atoms with Crippen LogP contribution < -0.4 is 4.74 Å². The van der Waals surface area contributed by atoms with Gasteiger partial charge in [-0.1, -0.05) is 17.7 Å². The molecule has 0 radical (unpaired) electrons. The number of hydrogen-bond donors (Lipinski definition) is 4. The molecule has 0 saturated heterocycles. The summed E-state index contributed by atoms with van der Waals surface area (Å²) in [5.41, 5.74) is 2.62. The summed E-state index contributed by atoms with van der Waals surface area (Å²) in [4.78, 5) is 0. The van der Waals surface area contributed by atoms with Gasteiger partial charge >= 0.3 is 0 Å². The fraction of sp³-hybridized carbons (Fsp3) is 0.630. The highest BCUT2D eigenvalue weighted by Crippen LogP contribution is 2.40. The molecule has 5 nitrogen and oxygen atoms in total. The van der Waals surface area contributed by atoms with Gasteiger partial charge in [-0.05, 0) is 115 Å². The topological polar surface area (TPSA) is 90.2 Å². The first-order chi connectivity index (χ1) is 14.8. The zero-order chi connectivity index (χ0) is 24.1. The molecule has 0 aliphatic carbocycles. The van der Waals surface area contributed by atoms with E-state index >= 15 is 0 Å². The maximum absolute atomic E-state index is 10.8. The summed E-state index contributed by atoms with van der Waals surface area (Å²) < 4.78 is 6.35. The Morgan fingerprint density at radius 2 is 1.91 bits per heavy atom. The summed E-state index contributed by atoms with van der Waals surface area (Å²) in [6.45, 7) is 11.5. The number of fused-ring (bicyclic) bond motifs is 1. The summed E-state index contributed by atoms with van der Waals surface area (Å²) >= 11 is 0. The maximum atomic E-state index is 10.8. The number of phenols is 1. The van der Waals surface area contributed by atoms with Crippen molar-refractivity contribution in [3.8, 4) is 11.5 Å². The lowest BCUT2D eigenvalue weighted by atomic mass is 9.85. The lowest BCUT2D eigenvalue weighted by Crippen LogP contribution is -2.37. The van der Waals surface area contributed by atoms with Crippen molar-refractivity contribution in [1.29, 1.82) is 0 Å². The zero-order valence-electron chi connectivity index (χ0n) is 20.6. The highest BCUT2D eigenvalue weighted by molar-refractivity contribution is 5.47. The fourth-order valence-electron chi connectivity index (χ4n) is 4.43. The van der Waals surface area contributed by atoms with E-state index in [9.17, 15) is 20.4 Å². The maximum Gasteiger partial charge on any atom is 0.126 e. The molecule has 1 heterocycles. The zero-order valence-corrected chi connectivity index (χ0v) is 20.6. The molecule has 1 aliphatic rings. The molecule has 1 aliphatic heterocycles. The van der Waals surface area contributed by atoms with Gasteiger partial charge in [0.15, 0.2) is 0 Å². The van der Waals surface area contributed by atoms with Crippen LogP contribution >= 0.6 is 0 Å². The molecule has 5 heteroatoms. The van der Waals surface area contributed by atoms with E-state index in [1.807, 2.05) is 40.7 Å². The first kappa shape index (κ1) is 26.4. The van der Waals surface area contributed by atoms with Gasteiger partial charge in [-0.2, -0.15) is 0 Å². The van der Waals surface area contributed by atoms with Crippen LogP contribution in [0.3, 0.4) is 0 Å². The summed E-state index contributed by atoms with van der Waals surface area (Å²) in [6.07, 6.45) is 7.08. The van der Waals surface area contributed by atoms with Crippen LogP contribution in [0.25, 0.3) is 0 Å². The number of aliphatic hydroxyl groups excluding tert-OH is 2. The van der Waals surface area contributed by atoms with E-state index < -0.39 is 17.8 Å². The standard InChI is InChI=1S/C27H42O5/c1-18(2)15-23(29)24(30)19(3)9-7-11-26(5,31)12-8-13-27(6)14-10-21-17-22(28)16-20(4)25(21)32-27/h9,15-17,23-24,28-31H,7-8,10-14H2,1-6H3/b19-9-/t23-,24-,26?,27+/m0/s1. The van der Waals surface area contributed by atoms with Gasteiger partial charge in [0, 0.05) is 0 Å². The molecule has 180 valence electrons. The predicted octanol–water partition coefficient (Wildman–Crippen LogP) is 5.12. The number of rotatable bonds is 10. The van der Waals surface area contributed by atoms with Crippen molar-refractivity contribution in [2.75, 3.05) is 0 Å². The Hall–Kier alpha value is -1.82. The highest BCUT2D eigenvalue weighted by Gasteiger charge is 2.33. The van der Waals surface area contributed by atoms with Gasteiger partial charge < -0.3 is 25.2 Å². The molecule has 0 spiro atoms. The molecule has 0 amide bonds. The Morgan fingerprint density at radius 3 is 2.56 bits per heavy atom.